The van der Waals surface area contributed by atoms with Crippen LogP contribution in [0.15, 0.2) is 35.5 Å². The molecule has 2 fully saturated rings. The first-order valence-corrected chi connectivity index (χ1v) is 11.8. The average molecular weight is 414 g/mol. The molecule has 0 spiro atoms. The Balaban J connectivity index is 1.52. The van der Waals surface area contributed by atoms with E-state index in [-0.39, 0.29) is 5.91 Å². The van der Waals surface area contributed by atoms with E-state index < -0.39 is 0 Å². The van der Waals surface area contributed by atoms with Crippen LogP contribution in [0.3, 0.4) is 0 Å². The van der Waals surface area contributed by atoms with Gasteiger partial charge in [-0.1, -0.05) is 30.0 Å². The standard InChI is InChI=1S/C22H31N5OS/c1-17-9-8-10-18(2)26(17)21(28)16-29-22-24-23-20(15-25-13-6-7-14-25)27(22)19-11-4-3-5-12-19/h3-5,11-12,17-18H,6-10,13-16H2,1-2H3. The van der Waals surface area contributed by atoms with Crippen LogP contribution < -0.4 is 0 Å². The smallest absolute Gasteiger partial charge is 0.233 e. The summed E-state index contributed by atoms with van der Waals surface area (Å²) in [5, 5.41) is 9.77. The quantitative estimate of drug-likeness (QED) is 0.675. The molecule has 0 aliphatic carbocycles. The van der Waals surface area contributed by atoms with E-state index in [0.717, 1.165) is 49.1 Å². The minimum atomic E-state index is 0.207. The first-order chi connectivity index (χ1) is 14.1. The molecule has 7 heteroatoms. The molecule has 0 radical (unpaired) electrons. The molecule has 2 aliphatic heterocycles. The van der Waals surface area contributed by atoms with Crippen LogP contribution in [0.1, 0.15) is 51.8 Å². The number of carbonyl (C=O) groups excluding carboxylic acids is 1. The van der Waals surface area contributed by atoms with Gasteiger partial charge >= 0.3 is 0 Å². The molecule has 2 aromatic rings. The van der Waals surface area contributed by atoms with Gasteiger partial charge in [-0.2, -0.15) is 0 Å². The number of carbonyl (C=O) groups is 1. The molecule has 156 valence electrons. The minimum Gasteiger partial charge on any atom is -0.337 e. The van der Waals surface area contributed by atoms with Crippen LogP contribution in [0, 0.1) is 0 Å². The predicted molar refractivity (Wildman–Crippen MR) is 116 cm³/mol. The van der Waals surface area contributed by atoms with Gasteiger partial charge in [-0.25, -0.2) is 0 Å². The fourth-order valence-corrected chi connectivity index (χ4v) is 5.43. The number of thioether (sulfide) groups is 1. The van der Waals surface area contributed by atoms with Crippen molar-refractivity contribution in [1.29, 1.82) is 0 Å². The molecule has 2 aliphatic rings. The van der Waals surface area contributed by atoms with E-state index in [4.69, 9.17) is 0 Å². The molecule has 4 rings (SSSR count). The highest BCUT2D eigenvalue weighted by Crippen LogP contribution is 2.27. The molecule has 6 nitrogen and oxygen atoms in total. The second-order valence-electron chi connectivity index (χ2n) is 8.27. The van der Waals surface area contributed by atoms with Crippen molar-refractivity contribution in [3.05, 3.63) is 36.2 Å². The van der Waals surface area contributed by atoms with Crippen LogP contribution in [0.5, 0.6) is 0 Å². The lowest BCUT2D eigenvalue weighted by molar-refractivity contribution is -0.134. The lowest BCUT2D eigenvalue weighted by atomic mass is 9.98. The molecule has 2 unspecified atom stereocenters. The van der Waals surface area contributed by atoms with Crippen LogP contribution in [0.2, 0.25) is 0 Å². The number of piperidine rings is 1. The Hall–Kier alpha value is -1.86. The average Bonchev–Trinajstić information content (AvgIpc) is 3.37. The van der Waals surface area contributed by atoms with E-state index in [9.17, 15) is 4.79 Å². The fraction of sp³-hybridized carbons (Fsp3) is 0.591. The molecule has 0 bridgehead atoms. The summed E-state index contributed by atoms with van der Waals surface area (Å²) in [5.74, 6) is 1.56. The maximum absolute atomic E-state index is 13.0. The van der Waals surface area contributed by atoms with Gasteiger partial charge in [0.15, 0.2) is 11.0 Å². The van der Waals surface area contributed by atoms with E-state index in [1.165, 1.54) is 31.0 Å². The number of benzene rings is 1. The highest BCUT2D eigenvalue weighted by Gasteiger charge is 2.29. The topological polar surface area (TPSA) is 54.3 Å². The number of likely N-dealkylation sites (tertiary alicyclic amines) is 2. The number of amides is 1. The van der Waals surface area contributed by atoms with Gasteiger partial charge in [0, 0.05) is 17.8 Å². The monoisotopic (exact) mass is 413 g/mol. The Morgan fingerprint density at radius 3 is 2.41 bits per heavy atom. The fourth-order valence-electron chi connectivity index (χ4n) is 4.59. The van der Waals surface area contributed by atoms with Gasteiger partial charge < -0.3 is 4.90 Å². The Kier molecular flexibility index (Phi) is 6.55. The van der Waals surface area contributed by atoms with Crippen LogP contribution in [-0.4, -0.2) is 61.4 Å². The van der Waals surface area contributed by atoms with Gasteiger partial charge in [0.05, 0.1) is 12.3 Å². The molecule has 3 heterocycles. The Labute approximate surface area is 177 Å². The molecular formula is C22H31N5OS. The molecule has 1 amide bonds. The van der Waals surface area contributed by atoms with Crippen molar-refractivity contribution in [2.75, 3.05) is 18.8 Å². The summed E-state index contributed by atoms with van der Waals surface area (Å²) in [6.45, 7) is 7.37. The normalized spacial score (nSPS) is 22.9. The van der Waals surface area contributed by atoms with Crippen molar-refractivity contribution in [2.24, 2.45) is 0 Å². The zero-order valence-electron chi connectivity index (χ0n) is 17.5. The molecule has 0 saturated carbocycles. The largest absolute Gasteiger partial charge is 0.337 e. The zero-order chi connectivity index (χ0) is 20.2. The number of hydrogen-bond acceptors (Lipinski definition) is 5. The number of rotatable bonds is 6. The van der Waals surface area contributed by atoms with Crippen molar-refractivity contribution >= 4 is 17.7 Å². The van der Waals surface area contributed by atoms with Crippen molar-refractivity contribution in [1.82, 2.24) is 24.6 Å². The van der Waals surface area contributed by atoms with E-state index >= 15 is 0 Å². The van der Waals surface area contributed by atoms with Crippen molar-refractivity contribution in [3.8, 4) is 5.69 Å². The van der Waals surface area contributed by atoms with Gasteiger partial charge in [0.1, 0.15) is 0 Å². The van der Waals surface area contributed by atoms with Gasteiger partial charge in [0.2, 0.25) is 5.91 Å². The van der Waals surface area contributed by atoms with Crippen LogP contribution in [0.4, 0.5) is 0 Å². The minimum absolute atomic E-state index is 0.207. The van der Waals surface area contributed by atoms with Crippen LogP contribution in [0.25, 0.3) is 5.69 Å². The SMILES string of the molecule is CC1CCCC(C)N1C(=O)CSc1nnc(CN2CCCC2)n1-c1ccccc1. The first kappa shape index (κ1) is 20.4. The lowest BCUT2D eigenvalue weighted by Gasteiger charge is -2.39. The van der Waals surface area contributed by atoms with Crippen LogP contribution in [-0.2, 0) is 11.3 Å². The maximum atomic E-state index is 13.0. The molecular weight excluding hydrogens is 382 g/mol. The number of aromatic nitrogens is 3. The molecule has 1 aromatic heterocycles. The summed E-state index contributed by atoms with van der Waals surface area (Å²) in [6.07, 6.45) is 5.91. The van der Waals surface area contributed by atoms with Gasteiger partial charge in [-0.3, -0.25) is 14.3 Å². The second-order valence-corrected chi connectivity index (χ2v) is 9.21. The maximum Gasteiger partial charge on any atom is 0.233 e. The lowest BCUT2D eigenvalue weighted by Crippen LogP contribution is -2.48. The van der Waals surface area contributed by atoms with Crippen LogP contribution >= 0.6 is 11.8 Å². The number of para-hydroxylation sites is 1. The summed E-state index contributed by atoms with van der Waals surface area (Å²) < 4.78 is 2.12. The van der Waals surface area contributed by atoms with Crippen molar-refractivity contribution in [3.63, 3.8) is 0 Å². The zero-order valence-corrected chi connectivity index (χ0v) is 18.3. The highest BCUT2D eigenvalue weighted by atomic mass is 32.2. The van der Waals surface area contributed by atoms with Crippen molar-refractivity contribution in [2.45, 2.75) is 69.7 Å². The molecule has 1 aromatic carbocycles. The van der Waals surface area contributed by atoms with E-state index in [0.29, 0.717) is 17.8 Å². The van der Waals surface area contributed by atoms with Gasteiger partial charge in [0.25, 0.3) is 0 Å². The first-order valence-electron chi connectivity index (χ1n) is 10.8. The molecule has 29 heavy (non-hydrogen) atoms. The highest BCUT2D eigenvalue weighted by molar-refractivity contribution is 7.99. The summed E-state index contributed by atoms with van der Waals surface area (Å²) in [4.78, 5) is 17.5. The number of nitrogens with zero attached hydrogens (tertiary/aromatic N) is 5. The molecule has 2 saturated heterocycles. The second kappa shape index (κ2) is 9.30. The molecule has 0 N–H and O–H groups in total. The summed E-state index contributed by atoms with van der Waals surface area (Å²) >= 11 is 1.51. The van der Waals surface area contributed by atoms with Gasteiger partial charge in [-0.05, 0) is 71.2 Å². The van der Waals surface area contributed by atoms with Gasteiger partial charge in [-0.15, -0.1) is 10.2 Å². The van der Waals surface area contributed by atoms with Crippen molar-refractivity contribution < 1.29 is 4.79 Å². The molecule has 2 atom stereocenters. The van der Waals surface area contributed by atoms with E-state index in [1.807, 2.05) is 18.2 Å². The summed E-state index contributed by atoms with van der Waals surface area (Å²) in [5.41, 5.74) is 1.06. The Morgan fingerprint density at radius 2 is 1.72 bits per heavy atom. The predicted octanol–water partition coefficient (Wildman–Crippen LogP) is 3.74. The Bertz CT molecular complexity index is 808. The van der Waals surface area contributed by atoms with E-state index in [1.54, 1.807) is 0 Å². The summed E-state index contributed by atoms with van der Waals surface area (Å²) in [6, 6.07) is 10.9. The number of hydrogen-bond donors (Lipinski definition) is 0. The van der Waals surface area contributed by atoms with E-state index in [2.05, 4.69) is 50.5 Å². The third-order valence-corrected chi connectivity index (χ3v) is 7.00. The third kappa shape index (κ3) is 4.67. The summed E-state index contributed by atoms with van der Waals surface area (Å²) in [7, 11) is 0. The third-order valence-electron chi connectivity index (χ3n) is 6.08. The Morgan fingerprint density at radius 1 is 1.03 bits per heavy atom.